The molecule has 3 aromatic rings. The van der Waals surface area contributed by atoms with E-state index in [0.29, 0.717) is 22.6 Å². The van der Waals surface area contributed by atoms with E-state index in [1.807, 2.05) is 19.1 Å². The third-order valence-corrected chi connectivity index (χ3v) is 4.17. The molecule has 1 aliphatic rings. The molecule has 0 saturated carbocycles. The van der Waals surface area contributed by atoms with E-state index in [9.17, 15) is 14.4 Å². The van der Waals surface area contributed by atoms with E-state index in [1.165, 1.54) is 12.1 Å². The quantitative estimate of drug-likeness (QED) is 0.686. The number of imide groups is 1. The first-order valence-electron chi connectivity index (χ1n) is 7.82. The maximum Gasteiger partial charge on any atom is 0.399 e. The highest BCUT2D eigenvalue weighted by molar-refractivity contribution is 6.21. The van der Waals surface area contributed by atoms with Gasteiger partial charge in [0.1, 0.15) is 5.58 Å². The van der Waals surface area contributed by atoms with Crippen LogP contribution in [-0.2, 0) is 11.3 Å². The van der Waals surface area contributed by atoms with Crippen LogP contribution in [0, 0.1) is 0 Å². The van der Waals surface area contributed by atoms with Crippen molar-refractivity contribution in [3.63, 3.8) is 0 Å². The van der Waals surface area contributed by atoms with Gasteiger partial charge < -0.3 is 9.25 Å². The summed E-state index contributed by atoms with van der Waals surface area (Å²) in [5, 5.41) is 1.29. The highest BCUT2D eigenvalue weighted by Gasteiger charge is 2.39. The molecule has 0 spiro atoms. The van der Waals surface area contributed by atoms with Crippen LogP contribution in [0.15, 0.2) is 52.9 Å². The third kappa shape index (κ3) is 2.22. The lowest BCUT2D eigenvalue weighted by Crippen LogP contribution is -2.32. The Labute approximate surface area is 142 Å². The normalized spacial score (nSPS) is 13.4. The second-order valence-electron chi connectivity index (χ2n) is 5.59. The lowest BCUT2D eigenvalue weighted by atomic mass is 10.1. The van der Waals surface area contributed by atoms with E-state index in [-0.39, 0.29) is 16.9 Å². The monoisotopic (exact) mass is 335 g/mol. The fourth-order valence-electron chi connectivity index (χ4n) is 2.99. The number of aryl methyl sites for hydroxylation is 1. The molecule has 0 saturated heterocycles. The van der Waals surface area contributed by atoms with Gasteiger partial charge in [0.15, 0.2) is 0 Å². The summed E-state index contributed by atoms with van der Waals surface area (Å²) in [6.45, 7) is 1.89. The Morgan fingerprint density at radius 1 is 1.00 bits per heavy atom. The number of hydrogen-bond acceptors (Lipinski definition) is 5. The summed E-state index contributed by atoms with van der Waals surface area (Å²) in [6.07, 6.45) is 0.545. The van der Waals surface area contributed by atoms with Gasteiger partial charge in [-0.05, 0) is 24.6 Å². The van der Waals surface area contributed by atoms with E-state index in [2.05, 4.69) is 0 Å². The van der Waals surface area contributed by atoms with Gasteiger partial charge in [0.25, 0.3) is 11.8 Å². The van der Waals surface area contributed by atoms with Crippen molar-refractivity contribution < 1.29 is 23.6 Å². The van der Waals surface area contributed by atoms with E-state index in [0.717, 1.165) is 5.39 Å². The van der Waals surface area contributed by atoms with Crippen LogP contribution in [0.4, 0.5) is 0 Å². The summed E-state index contributed by atoms with van der Waals surface area (Å²) >= 11 is 0. The predicted molar refractivity (Wildman–Crippen MR) is 87.9 cm³/mol. The SMILES string of the molecule is CCc1c(C(=O)ON2C(=O)c3ccccc3C2=O)oc2ccccc12. The molecule has 0 N–H and O–H groups in total. The molecule has 6 nitrogen and oxygen atoms in total. The van der Waals surface area contributed by atoms with Crippen LogP contribution in [0.1, 0.15) is 43.8 Å². The number of amides is 2. The Balaban J connectivity index is 1.68. The lowest BCUT2D eigenvalue weighted by molar-refractivity contribution is -0.0602. The minimum Gasteiger partial charge on any atom is -0.449 e. The van der Waals surface area contributed by atoms with Gasteiger partial charge in [-0.3, -0.25) is 9.59 Å². The molecular formula is C19H13NO5. The highest BCUT2D eigenvalue weighted by atomic mass is 16.7. The largest absolute Gasteiger partial charge is 0.449 e. The summed E-state index contributed by atoms with van der Waals surface area (Å²) in [5.74, 6) is -2.20. The molecule has 0 radical (unpaired) electrons. The van der Waals surface area contributed by atoms with Gasteiger partial charge in [-0.1, -0.05) is 42.3 Å². The number of carbonyl (C=O) groups excluding carboxylic acids is 3. The third-order valence-electron chi connectivity index (χ3n) is 4.17. The Bertz CT molecular complexity index is 998. The molecular weight excluding hydrogens is 322 g/mol. The zero-order valence-electron chi connectivity index (χ0n) is 13.3. The molecule has 6 heteroatoms. The summed E-state index contributed by atoms with van der Waals surface area (Å²) in [5.41, 5.74) is 1.65. The molecule has 2 amide bonds. The van der Waals surface area contributed by atoms with Crippen molar-refractivity contribution >= 4 is 28.8 Å². The maximum absolute atomic E-state index is 12.5. The van der Waals surface area contributed by atoms with Crippen LogP contribution in [0.25, 0.3) is 11.0 Å². The molecule has 4 rings (SSSR count). The number of nitrogens with zero attached hydrogens (tertiary/aromatic N) is 1. The van der Waals surface area contributed by atoms with Gasteiger partial charge in [-0.2, -0.15) is 0 Å². The molecule has 0 aliphatic carbocycles. The van der Waals surface area contributed by atoms with Crippen molar-refractivity contribution in [2.24, 2.45) is 0 Å². The molecule has 0 bridgehead atoms. The van der Waals surface area contributed by atoms with Crippen molar-refractivity contribution in [3.05, 3.63) is 71.0 Å². The second-order valence-corrected chi connectivity index (χ2v) is 5.59. The van der Waals surface area contributed by atoms with Crippen molar-refractivity contribution in [2.75, 3.05) is 0 Å². The van der Waals surface area contributed by atoms with Gasteiger partial charge in [0, 0.05) is 10.9 Å². The number of fused-ring (bicyclic) bond motifs is 2. The van der Waals surface area contributed by atoms with Crippen molar-refractivity contribution in [2.45, 2.75) is 13.3 Å². The zero-order chi connectivity index (χ0) is 17.6. The van der Waals surface area contributed by atoms with Gasteiger partial charge in [0.2, 0.25) is 5.76 Å². The topological polar surface area (TPSA) is 76.8 Å². The molecule has 2 heterocycles. The van der Waals surface area contributed by atoms with E-state index in [1.54, 1.807) is 24.3 Å². The molecule has 0 fully saturated rings. The van der Waals surface area contributed by atoms with Crippen LogP contribution in [0.5, 0.6) is 0 Å². The van der Waals surface area contributed by atoms with Gasteiger partial charge in [-0.25, -0.2) is 4.79 Å². The molecule has 25 heavy (non-hydrogen) atoms. The summed E-state index contributed by atoms with van der Waals surface area (Å²) < 4.78 is 5.59. The van der Waals surface area contributed by atoms with Crippen LogP contribution in [-0.4, -0.2) is 22.8 Å². The number of hydrogen-bond donors (Lipinski definition) is 0. The molecule has 2 aromatic carbocycles. The Morgan fingerprint density at radius 2 is 1.60 bits per heavy atom. The summed E-state index contributed by atoms with van der Waals surface area (Å²) in [6, 6.07) is 13.5. The minimum atomic E-state index is -0.873. The number of rotatable bonds is 3. The molecule has 124 valence electrons. The van der Waals surface area contributed by atoms with Crippen LogP contribution >= 0.6 is 0 Å². The average molecular weight is 335 g/mol. The van der Waals surface area contributed by atoms with Crippen molar-refractivity contribution in [3.8, 4) is 0 Å². The Morgan fingerprint density at radius 3 is 2.24 bits per heavy atom. The first-order chi connectivity index (χ1) is 12.1. The average Bonchev–Trinajstić information content (AvgIpc) is 3.13. The van der Waals surface area contributed by atoms with Gasteiger partial charge in [-0.15, -0.1) is 0 Å². The number of hydroxylamine groups is 2. The highest BCUT2D eigenvalue weighted by Crippen LogP contribution is 2.28. The fourth-order valence-corrected chi connectivity index (χ4v) is 2.99. The molecule has 0 unspecified atom stereocenters. The van der Waals surface area contributed by atoms with Gasteiger partial charge >= 0.3 is 5.97 Å². The van der Waals surface area contributed by atoms with Crippen LogP contribution in [0.3, 0.4) is 0 Å². The maximum atomic E-state index is 12.5. The van der Waals surface area contributed by atoms with E-state index < -0.39 is 17.8 Å². The minimum absolute atomic E-state index is 0.000237. The van der Waals surface area contributed by atoms with Crippen LogP contribution in [0.2, 0.25) is 0 Å². The number of furan rings is 1. The first-order valence-corrected chi connectivity index (χ1v) is 7.82. The number of para-hydroxylation sites is 1. The van der Waals surface area contributed by atoms with Crippen molar-refractivity contribution in [1.82, 2.24) is 5.06 Å². The van der Waals surface area contributed by atoms with Crippen LogP contribution < -0.4 is 0 Å². The Hall–Kier alpha value is -3.41. The summed E-state index contributed by atoms with van der Waals surface area (Å²) in [7, 11) is 0. The first kappa shape index (κ1) is 15.1. The fraction of sp³-hybridized carbons (Fsp3) is 0.105. The van der Waals surface area contributed by atoms with E-state index in [4.69, 9.17) is 9.25 Å². The predicted octanol–water partition coefficient (Wildman–Crippen LogP) is 3.36. The molecule has 0 atom stereocenters. The summed E-state index contributed by atoms with van der Waals surface area (Å²) in [4.78, 5) is 42.2. The smallest absolute Gasteiger partial charge is 0.399 e. The van der Waals surface area contributed by atoms with Crippen molar-refractivity contribution in [1.29, 1.82) is 0 Å². The molecule has 1 aromatic heterocycles. The van der Waals surface area contributed by atoms with Gasteiger partial charge in [0.05, 0.1) is 11.1 Å². The zero-order valence-corrected chi connectivity index (χ0v) is 13.3. The number of carbonyl (C=O) groups is 3. The number of benzene rings is 2. The lowest BCUT2D eigenvalue weighted by Gasteiger charge is -2.12. The second kappa shape index (κ2) is 5.59. The standard InChI is InChI=1S/C19H13NO5/c1-2-11-12-7-5-6-10-15(12)24-16(11)19(23)25-20-17(21)13-8-3-4-9-14(13)18(20)22/h3-10H,2H2,1H3. The Kier molecular flexibility index (Phi) is 3.39. The molecule has 1 aliphatic heterocycles. The van der Waals surface area contributed by atoms with E-state index >= 15 is 0 Å².